The number of rotatable bonds is 4. The van der Waals surface area contributed by atoms with E-state index in [4.69, 9.17) is 15.2 Å². The Balaban J connectivity index is 1.86. The van der Waals surface area contributed by atoms with Crippen LogP contribution in [-0.4, -0.2) is 43.9 Å². The predicted octanol–water partition coefficient (Wildman–Crippen LogP) is 1.56. The Morgan fingerprint density at radius 1 is 1.32 bits per heavy atom. The zero-order valence-electron chi connectivity index (χ0n) is 11.4. The number of nitrogens with two attached hydrogens (primary N) is 1. The van der Waals surface area contributed by atoms with Gasteiger partial charge in [-0.05, 0) is 30.5 Å². The summed E-state index contributed by atoms with van der Waals surface area (Å²) in [6.07, 6.45) is 2.72. The summed E-state index contributed by atoms with van der Waals surface area (Å²) in [4.78, 5) is 2.57. The minimum Gasteiger partial charge on any atom is -0.497 e. The molecule has 0 spiro atoms. The van der Waals surface area contributed by atoms with Crippen LogP contribution in [0.25, 0.3) is 0 Å². The third-order valence-corrected chi connectivity index (χ3v) is 4.10. The number of benzene rings is 1. The summed E-state index contributed by atoms with van der Waals surface area (Å²) in [5, 5.41) is 0. The Labute approximate surface area is 114 Å². The maximum absolute atomic E-state index is 5.89. The van der Waals surface area contributed by atoms with Crippen molar-refractivity contribution in [3.05, 3.63) is 29.8 Å². The lowest BCUT2D eigenvalue weighted by molar-refractivity contribution is -0.0712. The van der Waals surface area contributed by atoms with E-state index >= 15 is 0 Å². The first-order valence-electron chi connectivity index (χ1n) is 7.05. The zero-order valence-corrected chi connectivity index (χ0v) is 11.4. The van der Waals surface area contributed by atoms with E-state index in [0.29, 0.717) is 6.54 Å². The minimum absolute atomic E-state index is 0.0998. The second-order valence-electron chi connectivity index (χ2n) is 5.33. The quantitative estimate of drug-likeness (QED) is 0.894. The Morgan fingerprint density at radius 2 is 2.05 bits per heavy atom. The largest absolute Gasteiger partial charge is 0.497 e. The van der Waals surface area contributed by atoms with Crippen LogP contribution in [0.2, 0.25) is 0 Å². The van der Waals surface area contributed by atoms with Gasteiger partial charge >= 0.3 is 0 Å². The molecule has 104 valence electrons. The molecular formula is C15H22N2O2. The average molecular weight is 262 g/mol. The van der Waals surface area contributed by atoms with Gasteiger partial charge in [0.15, 0.2) is 0 Å². The Bertz CT molecular complexity index is 417. The molecule has 0 bridgehead atoms. The van der Waals surface area contributed by atoms with Crippen LogP contribution in [0.15, 0.2) is 24.3 Å². The molecule has 2 unspecified atom stereocenters. The molecule has 0 radical (unpaired) electrons. The lowest BCUT2D eigenvalue weighted by Gasteiger charge is -2.41. The molecule has 4 nitrogen and oxygen atoms in total. The molecule has 1 aromatic rings. The van der Waals surface area contributed by atoms with Crippen molar-refractivity contribution in [1.82, 2.24) is 4.90 Å². The van der Waals surface area contributed by atoms with Gasteiger partial charge in [-0.15, -0.1) is 0 Å². The highest BCUT2D eigenvalue weighted by Crippen LogP contribution is 2.38. The first kappa shape index (κ1) is 12.9. The van der Waals surface area contributed by atoms with Crippen LogP contribution in [0.1, 0.15) is 24.4 Å². The molecule has 1 aliphatic carbocycles. The molecular weight excluding hydrogens is 240 g/mol. The van der Waals surface area contributed by atoms with E-state index in [9.17, 15) is 0 Å². The summed E-state index contributed by atoms with van der Waals surface area (Å²) in [5.41, 5.74) is 7.17. The summed E-state index contributed by atoms with van der Waals surface area (Å²) in [6.45, 7) is 2.38. The number of morpholine rings is 1. The molecule has 2 N–H and O–H groups in total. The van der Waals surface area contributed by atoms with Crippen molar-refractivity contribution in [3.63, 3.8) is 0 Å². The highest BCUT2D eigenvalue weighted by atomic mass is 16.5. The first-order chi connectivity index (χ1) is 9.33. The third kappa shape index (κ3) is 2.61. The van der Waals surface area contributed by atoms with E-state index in [1.807, 2.05) is 12.1 Å². The van der Waals surface area contributed by atoms with Gasteiger partial charge in [0.1, 0.15) is 5.75 Å². The number of hydrogen-bond acceptors (Lipinski definition) is 4. The van der Waals surface area contributed by atoms with Gasteiger partial charge < -0.3 is 15.2 Å². The van der Waals surface area contributed by atoms with Crippen molar-refractivity contribution in [1.29, 1.82) is 0 Å². The van der Waals surface area contributed by atoms with Crippen LogP contribution < -0.4 is 10.5 Å². The van der Waals surface area contributed by atoms with Gasteiger partial charge in [0.25, 0.3) is 0 Å². The van der Waals surface area contributed by atoms with E-state index in [1.165, 1.54) is 18.4 Å². The minimum atomic E-state index is 0.0998. The van der Waals surface area contributed by atoms with Gasteiger partial charge in [0, 0.05) is 19.1 Å². The summed E-state index contributed by atoms with van der Waals surface area (Å²) in [5.74, 6) is 0.891. The van der Waals surface area contributed by atoms with E-state index in [-0.39, 0.29) is 12.1 Å². The van der Waals surface area contributed by atoms with Crippen molar-refractivity contribution in [2.75, 3.05) is 26.8 Å². The topological polar surface area (TPSA) is 47.7 Å². The normalized spacial score (nSPS) is 28.3. The highest BCUT2D eigenvalue weighted by Gasteiger charge is 2.40. The highest BCUT2D eigenvalue weighted by molar-refractivity contribution is 5.30. The Morgan fingerprint density at radius 3 is 2.63 bits per heavy atom. The van der Waals surface area contributed by atoms with Gasteiger partial charge in [0.05, 0.1) is 25.9 Å². The van der Waals surface area contributed by atoms with Crippen LogP contribution in [0.5, 0.6) is 5.75 Å². The Kier molecular flexibility index (Phi) is 3.73. The standard InChI is InChI=1S/C15H22N2O2/c1-18-13-6-2-11(3-7-13)15-14(10-16)19-9-8-17(15)12-4-5-12/h2-3,6-7,12,14-15H,4-5,8-10,16H2,1H3. The smallest absolute Gasteiger partial charge is 0.118 e. The van der Waals surface area contributed by atoms with Crippen molar-refractivity contribution in [2.24, 2.45) is 5.73 Å². The fraction of sp³-hybridized carbons (Fsp3) is 0.600. The van der Waals surface area contributed by atoms with Gasteiger partial charge in [-0.25, -0.2) is 0 Å². The first-order valence-corrected chi connectivity index (χ1v) is 7.05. The number of ether oxygens (including phenoxy) is 2. The number of methoxy groups -OCH3 is 1. The number of nitrogens with zero attached hydrogens (tertiary/aromatic N) is 1. The van der Waals surface area contributed by atoms with Crippen molar-refractivity contribution >= 4 is 0 Å². The predicted molar refractivity (Wildman–Crippen MR) is 74.3 cm³/mol. The third-order valence-electron chi connectivity index (χ3n) is 4.10. The van der Waals surface area contributed by atoms with E-state index < -0.39 is 0 Å². The van der Waals surface area contributed by atoms with E-state index in [2.05, 4.69) is 17.0 Å². The van der Waals surface area contributed by atoms with Gasteiger partial charge in [-0.1, -0.05) is 12.1 Å². The molecule has 0 aromatic heterocycles. The fourth-order valence-electron chi connectivity index (χ4n) is 2.97. The molecule has 1 aliphatic heterocycles. The molecule has 1 heterocycles. The lowest BCUT2D eigenvalue weighted by atomic mass is 9.97. The summed E-state index contributed by atoms with van der Waals surface area (Å²) in [7, 11) is 1.69. The zero-order chi connectivity index (χ0) is 13.2. The monoisotopic (exact) mass is 262 g/mol. The van der Waals surface area contributed by atoms with Crippen molar-refractivity contribution in [2.45, 2.75) is 31.0 Å². The van der Waals surface area contributed by atoms with Crippen LogP contribution in [-0.2, 0) is 4.74 Å². The Hall–Kier alpha value is -1.10. The van der Waals surface area contributed by atoms with E-state index in [0.717, 1.165) is 24.9 Å². The molecule has 4 heteroatoms. The van der Waals surface area contributed by atoms with Crippen LogP contribution in [0.4, 0.5) is 0 Å². The molecule has 1 saturated heterocycles. The lowest BCUT2D eigenvalue weighted by Crippen LogP contribution is -2.49. The molecule has 2 aliphatic rings. The van der Waals surface area contributed by atoms with Crippen LogP contribution in [0.3, 0.4) is 0 Å². The fourth-order valence-corrected chi connectivity index (χ4v) is 2.97. The average Bonchev–Trinajstić information content (AvgIpc) is 3.31. The summed E-state index contributed by atoms with van der Waals surface area (Å²) in [6, 6.07) is 9.32. The summed E-state index contributed by atoms with van der Waals surface area (Å²) < 4.78 is 11.1. The second kappa shape index (κ2) is 5.49. The second-order valence-corrected chi connectivity index (χ2v) is 5.33. The molecule has 1 saturated carbocycles. The molecule has 2 fully saturated rings. The maximum Gasteiger partial charge on any atom is 0.118 e. The SMILES string of the molecule is COc1ccc(C2C(CN)OCCN2C2CC2)cc1. The van der Waals surface area contributed by atoms with Crippen molar-refractivity contribution < 1.29 is 9.47 Å². The van der Waals surface area contributed by atoms with Crippen LogP contribution in [0, 0.1) is 0 Å². The van der Waals surface area contributed by atoms with Crippen molar-refractivity contribution in [3.8, 4) is 5.75 Å². The van der Waals surface area contributed by atoms with E-state index in [1.54, 1.807) is 7.11 Å². The number of hydrogen-bond donors (Lipinski definition) is 1. The van der Waals surface area contributed by atoms with Crippen LogP contribution >= 0.6 is 0 Å². The van der Waals surface area contributed by atoms with Gasteiger partial charge in [-0.2, -0.15) is 0 Å². The molecule has 19 heavy (non-hydrogen) atoms. The summed E-state index contributed by atoms with van der Waals surface area (Å²) >= 11 is 0. The maximum atomic E-state index is 5.89. The van der Waals surface area contributed by atoms with Gasteiger partial charge in [-0.3, -0.25) is 4.90 Å². The molecule has 3 rings (SSSR count). The molecule has 2 atom stereocenters. The van der Waals surface area contributed by atoms with Gasteiger partial charge in [0.2, 0.25) is 0 Å². The molecule has 0 amide bonds. The molecule has 1 aromatic carbocycles.